The van der Waals surface area contributed by atoms with Crippen LogP contribution in [-0.4, -0.2) is 128 Å². The second kappa shape index (κ2) is 25.9. The number of benzene rings is 2. The first-order valence-electron chi connectivity index (χ1n) is 27.3. The number of hydrogen-bond acceptors (Lipinski definition) is 17. The number of carbonyl (C=O) groups excluding carboxylic acids is 6. The summed E-state index contributed by atoms with van der Waals surface area (Å²) in [6.45, 7) is 18.3. The van der Waals surface area contributed by atoms with E-state index in [0.717, 1.165) is 5.69 Å². The number of carbonyl (C=O) groups is 6. The Labute approximate surface area is 477 Å². The van der Waals surface area contributed by atoms with Crippen LogP contribution in [0.25, 0.3) is 44.5 Å². The first-order valence-corrected chi connectivity index (χ1v) is 27.3. The van der Waals surface area contributed by atoms with Gasteiger partial charge in [-0.3, -0.25) is 38.5 Å². The van der Waals surface area contributed by atoms with Gasteiger partial charge in [0.25, 0.3) is 5.91 Å². The number of aryl methyl sites for hydroxylation is 6. The maximum Gasteiger partial charge on any atom is 0.407 e. The topological polar surface area (TPSA) is 327 Å². The predicted octanol–water partition coefficient (Wildman–Crippen LogP) is 6.73. The highest BCUT2D eigenvalue weighted by atomic mass is 16.6. The molecule has 0 aliphatic heterocycles. The lowest BCUT2D eigenvalue weighted by Crippen LogP contribution is -2.28. The molecular formula is C57H69N15O11. The Hall–Kier alpha value is -9.62. The van der Waals surface area contributed by atoms with Crippen LogP contribution >= 0.6 is 0 Å². The van der Waals surface area contributed by atoms with E-state index in [9.17, 15) is 28.8 Å². The number of nitrogens with one attached hydrogen (secondary N) is 2. The third-order valence-corrected chi connectivity index (χ3v) is 12.9. The van der Waals surface area contributed by atoms with Crippen molar-refractivity contribution in [1.29, 1.82) is 0 Å². The van der Waals surface area contributed by atoms with E-state index < -0.39 is 41.4 Å². The van der Waals surface area contributed by atoms with Gasteiger partial charge in [-0.2, -0.15) is 15.3 Å². The molecule has 8 aromatic rings. The largest absolute Gasteiger partial charge is 0.491 e. The number of alkyl carbamates (subject to hydrolysis) is 1. The summed E-state index contributed by atoms with van der Waals surface area (Å²) in [6, 6.07) is 11.5. The highest BCUT2D eigenvalue weighted by Gasteiger charge is 2.25. The van der Waals surface area contributed by atoms with Crippen molar-refractivity contribution in [2.24, 2.45) is 11.5 Å². The second-order valence-electron chi connectivity index (χ2n) is 20.4. The van der Waals surface area contributed by atoms with Crippen LogP contribution in [0.4, 0.5) is 10.7 Å². The molecule has 6 heterocycles. The number of fused-ring (bicyclic) bond motifs is 4. The molecule has 438 valence electrons. The number of aromatic nitrogens is 11. The molecule has 26 nitrogen and oxygen atoms in total. The maximum atomic E-state index is 14.1. The minimum Gasteiger partial charge on any atom is -0.491 e. The Morgan fingerprint density at radius 2 is 1.25 bits per heavy atom. The number of rotatable bonds is 26. The van der Waals surface area contributed by atoms with Crippen molar-refractivity contribution in [3.8, 4) is 23.0 Å². The molecule has 26 heteroatoms. The first kappa shape index (κ1) is 59.5. The van der Waals surface area contributed by atoms with Crippen LogP contribution in [0.3, 0.4) is 0 Å². The summed E-state index contributed by atoms with van der Waals surface area (Å²) in [5.41, 5.74) is 16.6. The average Bonchev–Trinajstić information content (AvgIpc) is 4.48. The number of primary amides is 2. The maximum absolute atomic E-state index is 14.1. The highest BCUT2D eigenvalue weighted by Crippen LogP contribution is 2.37. The van der Waals surface area contributed by atoms with Crippen molar-refractivity contribution in [2.45, 2.75) is 120 Å². The van der Waals surface area contributed by atoms with Crippen molar-refractivity contribution in [2.75, 3.05) is 38.3 Å². The molecule has 6 N–H and O–H groups in total. The van der Waals surface area contributed by atoms with Gasteiger partial charge in [0.1, 0.15) is 52.0 Å². The van der Waals surface area contributed by atoms with Gasteiger partial charge in [0, 0.05) is 73.8 Å². The smallest absolute Gasteiger partial charge is 0.407 e. The van der Waals surface area contributed by atoms with Crippen molar-refractivity contribution in [3.63, 3.8) is 0 Å². The Morgan fingerprint density at radius 1 is 0.651 bits per heavy atom. The van der Waals surface area contributed by atoms with Gasteiger partial charge in [0.05, 0.1) is 54.4 Å². The summed E-state index contributed by atoms with van der Waals surface area (Å²) in [6.07, 6.45) is 5.20. The lowest BCUT2D eigenvalue weighted by molar-refractivity contribution is -0.155. The fourth-order valence-electron chi connectivity index (χ4n) is 9.28. The van der Waals surface area contributed by atoms with Gasteiger partial charge in [-0.1, -0.05) is 12.2 Å². The minimum atomic E-state index is -0.736. The van der Waals surface area contributed by atoms with E-state index in [0.29, 0.717) is 99.1 Å². The molecule has 0 fully saturated rings. The summed E-state index contributed by atoms with van der Waals surface area (Å²) in [7, 11) is 0. The van der Waals surface area contributed by atoms with Gasteiger partial charge in [-0.05, 0) is 111 Å². The molecule has 0 saturated carbocycles. The van der Waals surface area contributed by atoms with Crippen molar-refractivity contribution < 1.29 is 52.5 Å². The summed E-state index contributed by atoms with van der Waals surface area (Å²) in [5, 5.41) is 20.2. The van der Waals surface area contributed by atoms with Crippen LogP contribution in [0, 0.1) is 20.8 Å². The van der Waals surface area contributed by atoms with Gasteiger partial charge in [-0.15, -0.1) is 0 Å². The second-order valence-corrected chi connectivity index (χ2v) is 20.4. The van der Waals surface area contributed by atoms with Crippen LogP contribution in [0.1, 0.15) is 120 Å². The van der Waals surface area contributed by atoms with E-state index in [1.165, 1.54) is 12.1 Å². The predicted molar refractivity (Wildman–Crippen MR) is 306 cm³/mol. The molecule has 4 amide bonds. The normalized spacial score (nSPS) is 11.7. The van der Waals surface area contributed by atoms with Crippen LogP contribution in [-0.2, 0) is 51.7 Å². The number of nitrogens with two attached hydrogens (primary N) is 2. The molecule has 83 heavy (non-hydrogen) atoms. The number of anilines is 1. The van der Waals surface area contributed by atoms with Gasteiger partial charge in [-0.25, -0.2) is 24.5 Å². The zero-order chi connectivity index (χ0) is 59.7. The molecule has 0 atom stereocenters. The van der Waals surface area contributed by atoms with Crippen molar-refractivity contribution >= 4 is 74.7 Å². The van der Waals surface area contributed by atoms with E-state index >= 15 is 0 Å². The molecule has 2 aromatic carbocycles. The monoisotopic (exact) mass is 1140 g/mol. The zero-order valence-corrected chi connectivity index (χ0v) is 48.0. The Morgan fingerprint density at radius 3 is 1.92 bits per heavy atom. The summed E-state index contributed by atoms with van der Waals surface area (Å²) in [4.78, 5) is 92.0. The zero-order valence-electron chi connectivity index (χ0n) is 48.0. The van der Waals surface area contributed by atoms with Gasteiger partial charge in [0.2, 0.25) is 17.8 Å². The minimum absolute atomic E-state index is 0.0143. The number of imidazole rings is 1. The quantitative estimate of drug-likeness (QED) is 0.0189. The summed E-state index contributed by atoms with van der Waals surface area (Å²) >= 11 is 0. The summed E-state index contributed by atoms with van der Waals surface area (Å²) in [5.74, 6) is -1.88. The molecule has 0 bridgehead atoms. The molecule has 0 aliphatic rings. The fourth-order valence-corrected chi connectivity index (χ4v) is 9.28. The van der Waals surface area contributed by atoms with E-state index in [2.05, 4.69) is 25.9 Å². The third-order valence-electron chi connectivity index (χ3n) is 12.9. The van der Waals surface area contributed by atoms with Crippen LogP contribution in [0.15, 0.2) is 60.8 Å². The Balaban J connectivity index is 1.12. The number of nitrogens with zero attached hydrogens (tertiary/aromatic N) is 11. The average molecular weight is 1140 g/mol. The lowest BCUT2D eigenvalue weighted by Gasteiger charge is -2.19. The molecule has 8 rings (SSSR count). The summed E-state index contributed by atoms with van der Waals surface area (Å²) < 4.78 is 37.4. The number of hydrogen-bond donors (Lipinski definition) is 4. The van der Waals surface area contributed by atoms with E-state index in [1.54, 1.807) is 79.0 Å². The lowest BCUT2D eigenvalue weighted by atomic mass is 10.1. The Kier molecular flexibility index (Phi) is 18.6. The van der Waals surface area contributed by atoms with E-state index in [4.69, 9.17) is 50.1 Å². The highest BCUT2D eigenvalue weighted by molar-refractivity contribution is 6.12. The van der Waals surface area contributed by atoms with Crippen LogP contribution in [0.2, 0.25) is 0 Å². The molecule has 0 radical (unpaired) electrons. The fraction of sp³-hybridized carbons (Fsp3) is 0.404. The van der Waals surface area contributed by atoms with Crippen LogP contribution in [0.5, 0.6) is 11.5 Å². The van der Waals surface area contributed by atoms with Crippen molar-refractivity contribution in [3.05, 3.63) is 100 Å². The van der Waals surface area contributed by atoms with E-state index in [-0.39, 0.29) is 81.7 Å². The number of allylic oxidation sites excluding steroid dienone is 2. The van der Waals surface area contributed by atoms with Crippen molar-refractivity contribution in [1.82, 2.24) is 58.7 Å². The van der Waals surface area contributed by atoms with Crippen LogP contribution < -0.4 is 31.6 Å². The first-order chi connectivity index (χ1) is 39.7. The Bertz CT molecular complexity index is 3780. The molecule has 0 unspecified atom stereocenters. The molecule has 0 aliphatic carbocycles. The van der Waals surface area contributed by atoms with E-state index in [1.807, 2.05) is 55.2 Å². The number of amides is 4. The molecule has 0 spiro atoms. The standard InChI is InChI=1S/C57H69N15O11/c1-10-70-41(25-33(4)65-70)51-61-32-39-38-28-36(49(58)74)30-44(79-21-15-18-60-56(78)82-24-17-46(73)83-57(7,8)9)47(38)68(52(39)63-51)19-13-14-20-69-48-40(62-55(69)64-53(76)42-26-34(5)66-71(42)11-2)29-37(50(59)75)31-45(48)80-22-16-23-81-54(77)43-27-35(6)67-72(43)12-3/h13-14,25-32H,10-12,15-24H2,1-9H3,(H2,58,74)(H2,59,75)(H,60,78)(H,62,64,76). The number of esters is 2. The SMILES string of the molecule is CCn1nc(C)cc1C(=O)Nc1nc2cc(C(N)=O)cc(OCCCOC(=O)c3cc(C)nn3CC)c2n1CC=CCn1c2nc(-c3cc(C)nn3CC)ncc2c2cc(C(N)=O)cc(OCCCNC(=O)OCCC(=O)OC(C)(C)C)c21. The van der Waals surface area contributed by atoms with Gasteiger partial charge in [0.15, 0.2) is 5.82 Å². The molecular weight excluding hydrogens is 1070 g/mol. The number of ether oxygens (including phenoxy) is 5. The molecule has 0 saturated heterocycles. The third kappa shape index (κ3) is 14.1. The van der Waals surface area contributed by atoms with Gasteiger partial charge < -0.3 is 49.6 Å². The van der Waals surface area contributed by atoms with Gasteiger partial charge >= 0.3 is 18.0 Å². The molecule has 6 aromatic heterocycles.